The number of fused-ring (bicyclic) bond motifs is 1. The predicted molar refractivity (Wildman–Crippen MR) is 70.5 cm³/mol. The fourth-order valence-electron chi connectivity index (χ4n) is 2.94. The summed E-state index contributed by atoms with van der Waals surface area (Å²) >= 11 is 6.32. The lowest BCUT2D eigenvalue weighted by atomic mass is 9.75. The Morgan fingerprint density at radius 2 is 2.37 bits per heavy atom. The predicted octanol–water partition coefficient (Wildman–Crippen LogP) is 2.37. The van der Waals surface area contributed by atoms with Crippen molar-refractivity contribution in [2.24, 2.45) is 5.92 Å². The Kier molecular flexibility index (Phi) is 3.23. The maximum absolute atomic E-state index is 9.06. The summed E-state index contributed by atoms with van der Waals surface area (Å²) in [5.74, 6) is 0.308. The van der Waals surface area contributed by atoms with Gasteiger partial charge in [0.2, 0.25) is 0 Å². The van der Waals surface area contributed by atoms with Gasteiger partial charge < -0.3 is 9.57 Å². The molecule has 19 heavy (non-hydrogen) atoms. The van der Waals surface area contributed by atoms with Gasteiger partial charge in [-0.25, -0.2) is 0 Å². The van der Waals surface area contributed by atoms with E-state index < -0.39 is 5.54 Å². The van der Waals surface area contributed by atoms with Crippen LogP contribution in [0.5, 0.6) is 0 Å². The lowest BCUT2D eigenvalue weighted by Gasteiger charge is -2.40. The molecule has 3 atom stereocenters. The lowest BCUT2D eigenvalue weighted by molar-refractivity contribution is -0.0602. The second-order valence-corrected chi connectivity index (χ2v) is 5.65. The zero-order chi connectivity index (χ0) is 13.5. The third-order valence-corrected chi connectivity index (χ3v) is 4.35. The van der Waals surface area contributed by atoms with E-state index in [1.807, 2.05) is 6.07 Å². The quantitative estimate of drug-likeness (QED) is 0.857. The molecular weight excluding hydrogens is 264 g/mol. The second kappa shape index (κ2) is 4.77. The highest BCUT2D eigenvalue weighted by atomic mass is 35.5. The van der Waals surface area contributed by atoms with E-state index in [4.69, 9.17) is 26.4 Å². The van der Waals surface area contributed by atoms with Gasteiger partial charge in [0.15, 0.2) is 0 Å². The molecule has 2 unspecified atom stereocenters. The molecule has 2 saturated heterocycles. The van der Waals surface area contributed by atoms with E-state index in [2.05, 4.69) is 18.5 Å². The van der Waals surface area contributed by atoms with Gasteiger partial charge in [0.1, 0.15) is 0 Å². The van der Waals surface area contributed by atoms with Gasteiger partial charge in [0.05, 0.1) is 36.5 Å². The molecule has 0 aromatic heterocycles. The van der Waals surface area contributed by atoms with Gasteiger partial charge in [0.25, 0.3) is 0 Å². The summed E-state index contributed by atoms with van der Waals surface area (Å²) in [6.45, 7) is 3.21. The molecule has 1 aromatic rings. The minimum Gasteiger partial charge on any atom is -0.376 e. The van der Waals surface area contributed by atoms with E-state index in [0.29, 0.717) is 29.7 Å². The molecule has 4 nitrogen and oxygen atoms in total. The molecule has 0 saturated carbocycles. The van der Waals surface area contributed by atoms with Crippen molar-refractivity contribution in [3.63, 3.8) is 0 Å². The minimum atomic E-state index is -0.434. The maximum Gasteiger partial charge on any atom is 0.0991 e. The molecule has 100 valence electrons. The van der Waals surface area contributed by atoms with E-state index >= 15 is 0 Å². The third-order valence-electron chi connectivity index (χ3n) is 4.02. The van der Waals surface area contributed by atoms with Crippen LogP contribution in [0.25, 0.3) is 0 Å². The van der Waals surface area contributed by atoms with Crippen molar-refractivity contribution in [2.75, 3.05) is 13.2 Å². The summed E-state index contributed by atoms with van der Waals surface area (Å²) in [4.78, 5) is 5.45. The lowest BCUT2D eigenvalue weighted by Crippen LogP contribution is -2.51. The van der Waals surface area contributed by atoms with Crippen LogP contribution in [-0.2, 0) is 15.1 Å². The second-order valence-electron chi connectivity index (χ2n) is 5.25. The molecule has 2 fully saturated rings. The van der Waals surface area contributed by atoms with Crippen LogP contribution in [0.3, 0.4) is 0 Å². The van der Waals surface area contributed by atoms with Crippen molar-refractivity contribution >= 4 is 11.6 Å². The maximum atomic E-state index is 9.06. The average molecular weight is 279 g/mol. The van der Waals surface area contributed by atoms with Crippen LogP contribution in [0, 0.1) is 17.2 Å². The Labute approximate surface area is 117 Å². The van der Waals surface area contributed by atoms with E-state index in [1.54, 1.807) is 12.1 Å². The first kappa shape index (κ1) is 12.9. The Morgan fingerprint density at radius 1 is 1.53 bits per heavy atom. The number of nitriles is 1. The number of hydroxylamine groups is 1. The van der Waals surface area contributed by atoms with Gasteiger partial charge in [0, 0.05) is 10.9 Å². The van der Waals surface area contributed by atoms with Crippen molar-refractivity contribution in [2.45, 2.75) is 25.0 Å². The molecular formula is C14H15ClN2O2. The molecule has 1 aromatic carbocycles. The highest BCUT2D eigenvalue weighted by Gasteiger charge is 2.50. The van der Waals surface area contributed by atoms with Crippen molar-refractivity contribution in [1.29, 1.82) is 5.26 Å². The standard InChI is InChI=1S/C14H15ClN2O2/c1-9-4-11-7-19-17-14(11,8-18-9)12-5-10(6-16)2-3-13(12)15/h2-3,5,9,11,17H,4,7-8H2,1H3/t9?,11?,14-/m0/s1. The van der Waals surface area contributed by atoms with Gasteiger partial charge in [-0.3, -0.25) is 0 Å². The Bertz CT molecular complexity index is 543. The number of halogens is 1. The smallest absolute Gasteiger partial charge is 0.0991 e. The first-order valence-electron chi connectivity index (χ1n) is 6.36. The fraction of sp³-hybridized carbons (Fsp3) is 0.500. The molecule has 2 aliphatic rings. The topological polar surface area (TPSA) is 54.3 Å². The Balaban J connectivity index is 2.06. The highest BCUT2D eigenvalue weighted by molar-refractivity contribution is 6.31. The average Bonchev–Trinajstić information content (AvgIpc) is 2.83. The van der Waals surface area contributed by atoms with Crippen molar-refractivity contribution in [3.8, 4) is 6.07 Å². The summed E-state index contributed by atoms with van der Waals surface area (Å²) in [5.41, 5.74) is 4.14. The van der Waals surface area contributed by atoms with Crippen LogP contribution in [0.4, 0.5) is 0 Å². The number of benzene rings is 1. The SMILES string of the molecule is CC1CC2CON[C@@]2(c2cc(C#N)ccc2Cl)CO1. The summed E-state index contributed by atoms with van der Waals surface area (Å²) in [6, 6.07) is 7.47. The van der Waals surface area contributed by atoms with Crippen LogP contribution in [-0.4, -0.2) is 19.3 Å². The molecule has 0 radical (unpaired) electrons. The van der Waals surface area contributed by atoms with Crippen LogP contribution >= 0.6 is 11.6 Å². The van der Waals surface area contributed by atoms with Gasteiger partial charge in [-0.15, -0.1) is 0 Å². The number of rotatable bonds is 1. The third kappa shape index (κ3) is 2.03. The van der Waals surface area contributed by atoms with E-state index in [1.165, 1.54) is 0 Å². The summed E-state index contributed by atoms with van der Waals surface area (Å²) in [7, 11) is 0. The van der Waals surface area contributed by atoms with Crippen LogP contribution in [0.2, 0.25) is 5.02 Å². The molecule has 0 amide bonds. The van der Waals surface area contributed by atoms with Crippen molar-refractivity contribution < 1.29 is 9.57 Å². The van der Waals surface area contributed by atoms with Gasteiger partial charge in [-0.2, -0.15) is 10.7 Å². The van der Waals surface area contributed by atoms with Crippen LogP contribution in [0.1, 0.15) is 24.5 Å². The zero-order valence-corrected chi connectivity index (χ0v) is 11.4. The van der Waals surface area contributed by atoms with Gasteiger partial charge in [-0.1, -0.05) is 11.6 Å². The summed E-state index contributed by atoms with van der Waals surface area (Å²) in [5, 5.41) is 9.69. The number of nitrogens with zero attached hydrogens (tertiary/aromatic N) is 1. The Morgan fingerprint density at radius 3 is 3.16 bits per heavy atom. The summed E-state index contributed by atoms with van der Waals surface area (Å²) in [6.07, 6.45) is 1.14. The van der Waals surface area contributed by atoms with E-state index in [0.717, 1.165) is 12.0 Å². The van der Waals surface area contributed by atoms with Crippen molar-refractivity contribution in [3.05, 3.63) is 34.3 Å². The molecule has 5 heteroatoms. The number of ether oxygens (including phenoxy) is 1. The number of nitrogens with one attached hydrogen (secondary N) is 1. The molecule has 0 aliphatic carbocycles. The normalized spacial score (nSPS) is 33.7. The molecule has 2 aliphatic heterocycles. The fourth-order valence-corrected chi connectivity index (χ4v) is 3.23. The number of hydrogen-bond donors (Lipinski definition) is 1. The van der Waals surface area contributed by atoms with Crippen LogP contribution in [0.15, 0.2) is 18.2 Å². The number of hydrogen-bond acceptors (Lipinski definition) is 4. The van der Waals surface area contributed by atoms with Gasteiger partial charge >= 0.3 is 0 Å². The highest BCUT2D eigenvalue weighted by Crippen LogP contribution is 2.43. The molecule has 0 spiro atoms. The van der Waals surface area contributed by atoms with E-state index in [9.17, 15) is 0 Å². The first-order valence-corrected chi connectivity index (χ1v) is 6.74. The molecule has 0 bridgehead atoms. The first-order chi connectivity index (χ1) is 9.15. The molecule has 1 N–H and O–H groups in total. The molecule has 3 rings (SSSR count). The largest absolute Gasteiger partial charge is 0.376 e. The van der Waals surface area contributed by atoms with Gasteiger partial charge in [-0.05, 0) is 37.1 Å². The minimum absolute atomic E-state index is 0.222. The zero-order valence-electron chi connectivity index (χ0n) is 10.6. The Hall–Kier alpha value is -1.12. The van der Waals surface area contributed by atoms with Crippen molar-refractivity contribution in [1.82, 2.24) is 5.48 Å². The van der Waals surface area contributed by atoms with E-state index in [-0.39, 0.29) is 6.10 Å². The van der Waals surface area contributed by atoms with Crippen LogP contribution < -0.4 is 5.48 Å². The molecule has 2 heterocycles. The summed E-state index contributed by atoms with van der Waals surface area (Å²) < 4.78 is 5.79. The monoisotopic (exact) mass is 278 g/mol.